The van der Waals surface area contributed by atoms with Gasteiger partial charge in [-0.05, 0) is 16.7 Å². The van der Waals surface area contributed by atoms with Gasteiger partial charge in [0.2, 0.25) is 0 Å². The first-order valence-electron chi connectivity index (χ1n) is 9.95. The molecule has 0 spiro atoms. The van der Waals surface area contributed by atoms with E-state index in [0.29, 0.717) is 19.6 Å². The molecular formula is C21H21B3Cl3N3. The summed E-state index contributed by atoms with van der Waals surface area (Å²) in [5, 5.41) is 0. The SMILES string of the molecule is ClB1N(Cc2ccccc2)B(Cl)N(Cc2ccccc2)B(Cl)N1Cc1ccccc1. The average molecular weight is 454 g/mol. The number of rotatable bonds is 6. The molecule has 0 aliphatic carbocycles. The van der Waals surface area contributed by atoms with Gasteiger partial charge in [-0.25, -0.2) is 0 Å². The highest BCUT2D eigenvalue weighted by atomic mass is 35.5. The fourth-order valence-electron chi connectivity index (χ4n) is 3.71. The minimum atomic E-state index is -0.442. The topological polar surface area (TPSA) is 9.72 Å². The summed E-state index contributed by atoms with van der Waals surface area (Å²) < 4.78 is 6.22. The Morgan fingerprint density at radius 3 is 0.900 bits per heavy atom. The Bertz CT molecular complexity index is 789. The summed E-state index contributed by atoms with van der Waals surface area (Å²) in [7, 11) is 0. The van der Waals surface area contributed by atoms with Gasteiger partial charge in [-0.15, -0.1) is 0 Å². The van der Waals surface area contributed by atoms with E-state index in [4.69, 9.17) is 34.4 Å². The van der Waals surface area contributed by atoms with Gasteiger partial charge in [-0.2, -0.15) is 34.4 Å². The molecule has 4 rings (SSSR count). The Kier molecular flexibility index (Phi) is 7.48. The van der Waals surface area contributed by atoms with E-state index in [2.05, 4.69) is 50.6 Å². The number of hydrogen-bond acceptors (Lipinski definition) is 3. The van der Waals surface area contributed by atoms with Gasteiger partial charge in [0.1, 0.15) is 0 Å². The van der Waals surface area contributed by atoms with Crippen molar-refractivity contribution in [3.8, 4) is 0 Å². The van der Waals surface area contributed by atoms with Gasteiger partial charge in [-0.3, -0.25) is 0 Å². The van der Waals surface area contributed by atoms with E-state index in [1.807, 2.05) is 54.6 Å². The number of halogens is 3. The average Bonchev–Trinajstić information content (AvgIpc) is 2.79. The van der Waals surface area contributed by atoms with Crippen LogP contribution >= 0.6 is 34.4 Å². The minimum Gasteiger partial charge on any atom is -0.325 e. The maximum absolute atomic E-state index is 6.96. The molecule has 0 N–H and O–H groups in total. The quantitative estimate of drug-likeness (QED) is 0.476. The predicted octanol–water partition coefficient (Wildman–Crippen LogP) is 5.18. The van der Waals surface area contributed by atoms with Gasteiger partial charge in [0.15, 0.2) is 0 Å². The molecule has 150 valence electrons. The van der Waals surface area contributed by atoms with E-state index >= 15 is 0 Å². The Morgan fingerprint density at radius 2 is 0.667 bits per heavy atom. The van der Waals surface area contributed by atoms with Crippen LogP contribution in [0, 0.1) is 0 Å². The van der Waals surface area contributed by atoms with Crippen LogP contribution < -0.4 is 0 Å². The first-order chi connectivity index (χ1) is 14.6. The van der Waals surface area contributed by atoms with Gasteiger partial charge in [0.05, 0.1) is 0 Å². The number of nitrogens with zero attached hydrogens (tertiary/aromatic N) is 3. The Morgan fingerprint density at radius 1 is 0.433 bits per heavy atom. The fraction of sp³-hybridized carbons (Fsp3) is 0.143. The van der Waals surface area contributed by atoms with Crippen molar-refractivity contribution >= 4 is 53.6 Å². The molecule has 1 fully saturated rings. The zero-order valence-corrected chi connectivity index (χ0v) is 18.8. The molecule has 0 aromatic heterocycles. The van der Waals surface area contributed by atoms with Crippen LogP contribution in [-0.2, 0) is 19.6 Å². The van der Waals surface area contributed by atoms with Crippen molar-refractivity contribution in [1.82, 2.24) is 14.2 Å². The zero-order chi connectivity index (χ0) is 20.9. The van der Waals surface area contributed by atoms with E-state index in [9.17, 15) is 0 Å². The Balaban J connectivity index is 1.63. The molecule has 1 saturated heterocycles. The van der Waals surface area contributed by atoms with Gasteiger partial charge >= 0.3 is 19.2 Å². The molecule has 30 heavy (non-hydrogen) atoms. The molecule has 3 aromatic rings. The molecular weight excluding hydrogens is 433 g/mol. The second-order valence-electron chi connectivity index (χ2n) is 7.41. The molecule has 1 heterocycles. The molecule has 0 saturated carbocycles. The molecule has 0 unspecified atom stereocenters. The third-order valence-electron chi connectivity index (χ3n) is 5.27. The van der Waals surface area contributed by atoms with Crippen molar-refractivity contribution < 1.29 is 0 Å². The summed E-state index contributed by atoms with van der Waals surface area (Å²) in [6.07, 6.45) is -1.33. The van der Waals surface area contributed by atoms with Crippen LogP contribution in [-0.4, -0.2) is 33.4 Å². The van der Waals surface area contributed by atoms with Crippen LogP contribution in [0.5, 0.6) is 0 Å². The maximum atomic E-state index is 6.96. The highest BCUT2D eigenvalue weighted by molar-refractivity contribution is 7.25. The van der Waals surface area contributed by atoms with Crippen molar-refractivity contribution in [2.24, 2.45) is 0 Å². The Labute approximate surface area is 194 Å². The molecule has 9 heteroatoms. The summed E-state index contributed by atoms with van der Waals surface area (Å²) in [6, 6.07) is 30.7. The number of benzene rings is 3. The van der Waals surface area contributed by atoms with Crippen LogP contribution in [0.3, 0.4) is 0 Å². The lowest BCUT2D eigenvalue weighted by atomic mass is 9.70. The van der Waals surface area contributed by atoms with Crippen LogP contribution in [0.2, 0.25) is 0 Å². The number of hydrogen-bond donors (Lipinski definition) is 0. The second-order valence-corrected chi connectivity index (χ2v) is 8.58. The third kappa shape index (κ3) is 5.08. The lowest BCUT2D eigenvalue weighted by molar-refractivity contribution is 0.451. The van der Waals surface area contributed by atoms with E-state index in [1.165, 1.54) is 0 Å². The highest BCUT2D eigenvalue weighted by Crippen LogP contribution is 2.30. The van der Waals surface area contributed by atoms with Crippen LogP contribution in [0.25, 0.3) is 0 Å². The van der Waals surface area contributed by atoms with E-state index in [-0.39, 0.29) is 0 Å². The van der Waals surface area contributed by atoms with Gasteiger partial charge < -0.3 is 14.2 Å². The maximum Gasteiger partial charge on any atom is 0.401 e. The van der Waals surface area contributed by atoms with Crippen molar-refractivity contribution in [2.75, 3.05) is 0 Å². The van der Waals surface area contributed by atoms with Crippen molar-refractivity contribution in [3.63, 3.8) is 0 Å². The molecule has 0 bridgehead atoms. The molecule has 1 aliphatic rings. The van der Waals surface area contributed by atoms with E-state index in [0.717, 1.165) is 16.7 Å². The molecule has 0 amide bonds. The molecule has 3 aromatic carbocycles. The zero-order valence-electron chi connectivity index (χ0n) is 16.5. The second kappa shape index (κ2) is 10.3. The smallest absolute Gasteiger partial charge is 0.325 e. The van der Waals surface area contributed by atoms with Crippen LogP contribution in [0.1, 0.15) is 16.7 Å². The normalized spacial score (nSPS) is 16.3. The van der Waals surface area contributed by atoms with Gasteiger partial charge in [0.25, 0.3) is 0 Å². The lowest BCUT2D eigenvalue weighted by Crippen LogP contribution is -2.72. The van der Waals surface area contributed by atoms with Gasteiger partial charge in [-0.1, -0.05) is 91.0 Å². The van der Waals surface area contributed by atoms with Crippen LogP contribution in [0.4, 0.5) is 0 Å². The van der Waals surface area contributed by atoms with Crippen molar-refractivity contribution in [2.45, 2.75) is 19.6 Å². The molecule has 0 atom stereocenters. The monoisotopic (exact) mass is 453 g/mol. The van der Waals surface area contributed by atoms with E-state index in [1.54, 1.807) is 0 Å². The summed E-state index contributed by atoms with van der Waals surface area (Å²) in [5.41, 5.74) is 3.46. The first kappa shape index (κ1) is 21.8. The third-order valence-corrected chi connectivity index (χ3v) is 6.77. The fourth-order valence-corrected chi connectivity index (χ4v) is 4.94. The van der Waals surface area contributed by atoms with Gasteiger partial charge in [0, 0.05) is 19.6 Å². The standard InChI is InChI=1S/C21H21B3Cl3N3/c25-22-28(16-19-10-4-1-5-11-19)23(26)30(18-21-14-8-3-9-15-21)24(27)29(22)17-20-12-6-2-7-13-20/h1-15H,16-18H2. The summed E-state index contributed by atoms with van der Waals surface area (Å²) >= 11 is 20.9. The Hall–Kier alpha value is -1.40. The minimum absolute atomic E-state index is 0.442. The van der Waals surface area contributed by atoms with Crippen molar-refractivity contribution in [3.05, 3.63) is 108 Å². The van der Waals surface area contributed by atoms with E-state index < -0.39 is 19.2 Å². The van der Waals surface area contributed by atoms with Crippen molar-refractivity contribution in [1.29, 1.82) is 0 Å². The predicted molar refractivity (Wildman–Crippen MR) is 131 cm³/mol. The summed E-state index contributed by atoms with van der Waals surface area (Å²) in [4.78, 5) is 0. The van der Waals surface area contributed by atoms with Crippen LogP contribution in [0.15, 0.2) is 91.0 Å². The summed E-state index contributed by atoms with van der Waals surface area (Å²) in [5.74, 6) is 0. The first-order valence-corrected chi connectivity index (χ1v) is 11.3. The highest BCUT2D eigenvalue weighted by Gasteiger charge is 2.51. The largest absolute Gasteiger partial charge is 0.401 e. The molecule has 1 aliphatic heterocycles. The summed E-state index contributed by atoms with van der Waals surface area (Å²) in [6.45, 7) is 1.89. The molecule has 0 radical (unpaired) electrons. The molecule has 3 nitrogen and oxygen atoms in total. The lowest BCUT2D eigenvalue weighted by Gasteiger charge is -2.48.